The van der Waals surface area contributed by atoms with Crippen LogP contribution in [-0.4, -0.2) is 24.7 Å². The van der Waals surface area contributed by atoms with E-state index >= 15 is 0 Å². The first kappa shape index (κ1) is 19.6. The SMILES string of the molecule is COc1ccc2c(C)c(CC(=O)Nc3cccc4c3ccn4C)c(=O)oc2c1OC. The number of amides is 1. The van der Waals surface area contributed by atoms with E-state index < -0.39 is 5.63 Å². The number of fused-ring (bicyclic) bond motifs is 2. The maximum atomic E-state index is 12.8. The van der Waals surface area contributed by atoms with Crippen LogP contribution in [0.1, 0.15) is 11.1 Å². The molecule has 0 saturated carbocycles. The lowest BCUT2D eigenvalue weighted by Crippen LogP contribution is -2.20. The average molecular weight is 406 g/mol. The predicted octanol–water partition coefficient (Wildman–Crippen LogP) is 3.79. The highest BCUT2D eigenvalue weighted by Crippen LogP contribution is 2.36. The van der Waals surface area contributed by atoms with Gasteiger partial charge in [-0.1, -0.05) is 6.07 Å². The predicted molar refractivity (Wildman–Crippen MR) is 116 cm³/mol. The molecule has 0 fully saturated rings. The van der Waals surface area contributed by atoms with Gasteiger partial charge < -0.3 is 23.8 Å². The molecule has 0 aliphatic carbocycles. The van der Waals surface area contributed by atoms with Gasteiger partial charge in [0, 0.05) is 29.5 Å². The molecule has 2 aromatic carbocycles. The van der Waals surface area contributed by atoms with Crippen molar-refractivity contribution in [3.05, 3.63) is 64.1 Å². The van der Waals surface area contributed by atoms with Crippen molar-refractivity contribution in [3.8, 4) is 11.5 Å². The Bertz CT molecular complexity index is 1330. The molecule has 30 heavy (non-hydrogen) atoms. The fraction of sp³-hybridized carbons (Fsp3) is 0.217. The van der Waals surface area contributed by atoms with Gasteiger partial charge >= 0.3 is 5.63 Å². The summed E-state index contributed by atoms with van der Waals surface area (Å²) in [5.41, 5.74) is 2.43. The topological polar surface area (TPSA) is 82.7 Å². The first-order valence-corrected chi connectivity index (χ1v) is 9.45. The number of hydrogen-bond acceptors (Lipinski definition) is 5. The van der Waals surface area contributed by atoms with Crippen LogP contribution < -0.4 is 20.4 Å². The maximum absolute atomic E-state index is 12.8. The van der Waals surface area contributed by atoms with Crippen LogP contribution >= 0.6 is 0 Å². The number of anilines is 1. The third-order valence-electron chi connectivity index (χ3n) is 5.34. The van der Waals surface area contributed by atoms with E-state index in [-0.39, 0.29) is 12.3 Å². The third-order valence-corrected chi connectivity index (χ3v) is 5.34. The number of carbonyl (C=O) groups is 1. The molecule has 0 bridgehead atoms. The standard InChI is InChI=1S/C23H22N2O5/c1-13-14-8-9-19(28-3)22(29-4)21(14)30-23(27)16(13)12-20(26)24-17-6-5-7-18-15(17)10-11-25(18)2/h5-11H,12H2,1-4H3,(H,24,26). The molecule has 7 nitrogen and oxygen atoms in total. The Morgan fingerprint density at radius 2 is 1.90 bits per heavy atom. The van der Waals surface area contributed by atoms with Gasteiger partial charge in [-0.15, -0.1) is 0 Å². The molecule has 0 radical (unpaired) electrons. The third kappa shape index (κ3) is 3.18. The molecule has 0 spiro atoms. The summed E-state index contributed by atoms with van der Waals surface area (Å²) in [6, 6.07) is 11.2. The van der Waals surface area contributed by atoms with Crippen LogP contribution in [0.25, 0.3) is 21.9 Å². The number of methoxy groups -OCH3 is 2. The number of carbonyl (C=O) groups excluding carboxylic acids is 1. The van der Waals surface area contributed by atoms with E-state index in [2.05, 4.69) is 5.32 Å². The van der Waals surface area contributed by atoms with Crippen LogP contribution in [0.15, 0.2) is 51.8 Å². The molecule has 2 aromatic heterocycles. The van der Waals surface area contributed by atoms with E-state index in [1.54, 1.807) is 19.1 Å². The van der Waals surface area contributed by atoms with Crippen molar-refractivity contribution in [1.29, 1.82) is 0 Å². The molecule has 7 heteroatoms. The van der Waals surface area contributed by atoms with Gasteiger partial charge in [-0.05, 0) is 42.8 Å². The van der Waals surface area contributed by atoms with Crippen molar-refractivity contribution in [2.75, 3.05) is 19.5 Å². The number of aryl methyl sites for hydroxylation is 2. The van der Waals surface area contributed by atoms with E-state index in [0.717, 1.165) is 10.9 Å². The maximum Gasteiger partial charge on any atom is 0.340 e. The Morgan fingerprint density at radius 3 is 2.63 bits per heavy atom. The number of aromatic nitrogens is 1. The Balaban J connectivity index is 1.69. The summed E-state index contributed by atoms with van der Waals surface area (Å²) in [4.78, 5) is 25.4. The number of benzene rings is 2. The Morgan fingerprint density at radius 1 is 1.10 bits per heavy atom. The summed E-state index contributed by atoms with van der Waals surface area (Å²) >= 11 is 0. The van der Waals surface area contributed by atoms with Crippen molar-refractivity contribution >= 4 is 33.5 Å². The second-order valence-corrected chi connectivity index (χ2v) is 7.06. The van der Waals surface area contributed by atoms with Crippen LogP contribution in [0.3, 0.4) is 0 Å². The van der Waals surface area contributed by atoms with Gasteiger partial charge in [0.15, 0.2) is 11.3 Å². The Kier molecular flexibility index (Phi) is 4.95. The molecule has 4 aromatic rings. The van der Waals surface area contributed by atoms with Gasteiger partial charge in [0.05, 0.1) is 31.9 Å². The zero-order chi connectivity index (χ0) is 21.4. The smallest absolute Gasteiger partial charge is 0.340 e. The summed E-state index contributed by atoms with van der Waals surface area (Å²) in [7, 11) is 4.94. The number of nitrogens with one attached hydrogen (secondary N) is 1. The average Bonchev–Trinajstić information content (AvgIpc) is 3.12. The minimum atomic E-state index is -0.570. The summed E-state index contributed by atoms with van der Waals surface area (Å²) < 4.78 is 18.1. The van der Waals surface area contributed by atoms with Crippen LogP contribution in [0, 0.1) is 6.92 Å². The second-order valence-electron chi connectivity index (χ2n) is 7.06. The van der Waals surface area contributed by atoms with Crippen molar-refractivity contribution < 1.29 is 18.7 Å². The van der Waals surface area contributed by atoms with Crippen molar-refractivity contribution in [2.24, 2.45) is 7.05 Å². The van der Waals surface area contributed by atoms with Gasteiger partial charge in [-0.3, -0.25) is 4.79 Å². The molecular formula is C23H22N2O5. The fourth-order valence-electron chi connectivity index (χ4n) is 3.74. The van der Waals surface area contributed by atoms with Crippen LogP contribution in [0.5, 0.6) is 11.5 Å². The van der Waals surface area contributed by atoms with Gasteiger partial charge in [0.25, 0.3) is 0 Å². The van der Waals surface area contributed by atoms with E-state index in [9.17, 15) is 9.59 Å². The lowest BCUT2D eigenvalue weighted by molar-refractivity contribution is -0.115. The molecule has 154 valence electrons. The molecular weight excluding hydrogens is 384 g/mol. The second kappa shape index (κ2) is 7.59. The highest BCUT2D eigenvalue weighted by molar-refractivity contribution is 6.02. The molecule has 0 aliphatic heterocycles. The zero-order valence-corrected chi connectivity index (χ0v) is 17.2. The highest BCUT2D eigenvalue weighted by atomic mass is 16.5. The van der Waals surface area contributed by atoms with Crippen LogP contribution in [-0.2, 0) is 18.3 Å². The number of nitrogens with zero attached hydrogens (tertiary/aromatic N) is 1. The monoisotopic (exact) mass is 406 g/mol. The van der Waals surface area contributed by atoms with Crippen LogP contribution in [0.4, 0.5) is 5.69 Å². The van der Waals surface area contributed by atoms with E-state index in [1.165, 1.54) is 14.2 Å². The van der Waals surface area contributed by atoms with E-state index in [4.69, 9.17) is 13.9 Å². The van der Waals surface area contributed by atoms with Crippen molar-refractivity contribution in [3.63, 3.8) is 0 Å². The number of ether oxygens (including phenoxy) is 2. The zero-order valence-electron chi connectivity index (χ0n) is 17.2. The molecule has 0 atom stereocenters. The number of rotatable bonds is 5. The van der Waals surface area contributed by atoms with Gasteiger partial charge in [-0.25, -0.2) is 4.79 Å². The molecule has 0 aliphatic rings. The van der Waals surface area contributed by atoms with Crippen LogP contribution in [0.2, 0.25) is 0 Å². The molecule has 0 saturated heterocycles. The van der Waals surface area contributed by atoms with Gasteiger partial charge in [0.2, 0.25) is 11.7 Å². The molecule has 1 N–H and O–H groups in total. The molecule has 2 heterocycles. The minimum Gasteiger partial charge on any atom is -0.493 e. The first-order valence-electron chi connectivity index (χ1n) is 9.45. The largest absolute Gasteiger partial charge is 0.493 e. The summed E-state index contributed by atoms with van der Waals surface area (Å²) in [5, 5.41) is 4.54. The lowest BCUT2D eigenvalue weighted by atomic mass is 10.0. The lowest BCUT2D eigenvalue weighted by Gasteiger charge is -2.13. The summed E-state index contributed by atoms with van der Waals surface area (Å²) in [6.45, 7) is 1.80. The Labute approximate surface area is 172 Å². The van der Waals surface area contributed by atoms with E-state index in [1.807, 2.05) is 42.1 Å². The quantitative estimate of drug-likeness (QED) is 0.510. The first-order chi connectivity index (χ1) is 14.4. The van der Waals surface area contributed by atoms with Crippen molar-refractivity contribution in [1.82, 2.24) is 4.57 Å². The summed E-state index contributed by atoms with van der Waals surface area (Å²) in [6.07, 6.45) is 1.84. The van der Waals surface area contributed by atoms with Gasteiger partial charge in [-0.2, -0.15) is 0 Å². The normalized spacial score (nSPS) is 11.1. The molecule has 1 amide bonds. The van der Waals surface area contributed by atoms with E-state index in [0.29, 0.717) is 39.3 Å². The van der Waals surface area contributed by atoms with Gasteiger partial charge in [0.1, 0.15) is 0 Å². The highest BCUT2D eigenvalue weighted by Gasteiger charge is 2.20. The Hall–Kier alpha value is -3.74. The molecule has 4 rings (SSSR count). The van der Waals surface area contributed by atoms with Crippen molar-refractivity contribution in [2.45, 2.75) is 13.3 Å². The number of hydrogen-bond donors (Lipinski definition) is 1. The minimum absolute atomic E-state index is 0.0956. The fourth-order valence-corrected chi connectivity index (χ4v) is 3.74. The molecule has 0 unspecified atom stereocenters. The summed E-state index contributed by atoms with van der Waals surface area (Å²) in [5.74, 6) is 0.525.